The van der Waals surface area contributed by atoms with Gasteiger partial charge in [0.15, 0.2) is 5.13 Å². The second-order valence-electron chi connectivity index (χ2n) is 8.05. The summed E-state index contributed by atoms with van der Waals surface area (Å²) in [7, 11) is 0. The number of thiazole rings is 1. The molecule has 1 unspecified atom stereocenters. The van der Waals surface area contributed by atoms with Gasteiger partial charge in [0.05, 0.1) is 22.4 Å². The van der Waals surface area contributed by atoms with E-state index in [4.69, 9.17) is 34.8 Å². The van der Waals surface area contributed by atoms with E-state index in [0.717, 1.165) is 16.0 Å². The van der Waals surface area contributed by atoms with Gasteiger partial charge in [-0.3, -0.25) is 9.59 Å². The van der Waals surface area contributed by atoms with Crippen LogP contribution in [0.25, 0.3) is 11.3 Å². The van der Waals surface area contributed by atoms with Crippen molar-refractivity contribution in [3.05, 3.63) is 92.7 Å². The average molecular weight is 591 g/mol. The lowest BCUT2D eigenvalue weighted by atomic mass is 10.1. The zero-order chi connectivity index (χ0) is 26.4. The predicted molar refractivity (Wildman–Crippen MR) is 156 cm³/mol. The lowest BCUT2D eigenvalue weighted by Gasteiger charge is -2.14. The van der Waals surface area contributed by atoms with Crippen LogP contribution in [0.2, 0.25) is 15.1 Å². The highest BCUT2D eigenvalue weighted by Gasteiger charge is 2.20. The van der Waals surface area contributed by atoms with E-state index in [1.165, 1.54) is 23.1 Å². The van der Waals surface area contributed by atoms with Gasteiger partial charge < -0.3 is 10.6 Å². The first-order chi connectivity index (χ1) is 17.8. The summed E-state index contributed by atoms with van der Waals surface area (Å²) in [4.78, 5) is 30.9. The highest BCUT2D eigenvalue weighted by molar-refractivity contribution is 8.00. The number of thioether (sulfide) groups is 1. The molecule has 190 valence electrons. The maximum Gasteiger partial charge on any atom is 0.239 e. The van der Waals surface area contributed by atoms with E-state index in [-0.39, 0.29) is 23.5 Å². The number of hydrogen-bond acceptors (Lipinski definition) is 5. The first kappa shape index (κ1) is 27.5. The predicted octanol–water partition coefficient (Wildman–Crippen LogP) is 8.46. The Kier molecular flexibility index (Phi) is 9.51. The second kappa shape index (κ2) is 12.8. The Morgan fingerprint density at radius 2 is 1.73 bits per heavy atom. The van der Waals surface area contributed by atoms with Gasteiger partial charge in [0, 0.05) is 31.6 Å². The fourth-order valence-electron chi connectivity index (χ4n) is 3.46. The topological polar surface area (TPSA) is 71.1 Å². The first-order valence-electron chi connectivity index (χ1n) is 11.3. The van der Waals surface area contributed by atoms with Crippen LogP contribution in [0, 0.1) is 0 Å². The largest absolute Gasteiger partial charge is 0.326 e. The van der Waals surface area contributed by atoms with Crippen molar-refractivity contribution in [3.63, 3.8) is 0 Å². The third-order valence-corrected chi connectivity index (χ3v) is 8.19. The number of anilines is 2. The van der Waals surface area contributed by atoms with Gasteiger partial charge in [-0.25, -0.2) is 4.98 Å². The maximum absolute atomic E-state index is 13.0. The summed E-state index contributed by atoms with van der Waals surface area (Å²) in [5.41, 5.74) is 2.96. The summed E-state index contributed by atoms with van der Waals surface area (Å²) in [6.45, 7) is 1.95. The second-order valence-corrected chi connectivity index (χ2v) is 11.5. The van der Waals surface area contributed by atoms with Crippen molar-refractivity contribution in [2.24, 2.45) is 0 Å². The Bertz CT molecular complexity index is 1410. The van der Waals surface area contributed by atoms with Gasteiger partial charge in [-0.2, -0.15) is 0 Å². The molecule has 0 fully saturated rings. The molecule has 1 atom stereocenters. The Hall–Kier alpha value is -2.55. The molecule has 0 aliphatic rings. The maximum atomic E-state index is 13.0. The molecule has 3 aromatic carbocycles. The number of carbonyl (C=O) groups excluding carboxylic acids is 2. The number of aromatic nitrogens is 1. The van der Waals surface area contributed by atoms with Gasteiger partial charge >= 0.3 is 0 Å². The van der Waals surface area contributed by atoms with Gasteiger partial charge in [0.2, 0.25) is 11.8 Å². The molecule has 0 spiro atoms. The fraction of sp³-hybridized carbons (Fsp3) is 0.148. The van der Waals surface area contributed by atoms with Crippen LogP contribution in [0.3, 0.4) is 0 Å². The SMILES string of the molecule is CCC(Sc1cccc(NC(=O)Cc2ccc(Cl)cc2)c1)C(=O)Nc1nc(-c2ccc(Cl)cc2Cl)cs1. The first-order valence-corrected chi connectivity index (χ1v) is 14.2. The molecule has 4 aromatic rings. The van der Waals surface area contributed by atoms with Crippen LogP contribution in [0.1, 0.15) is 18.9 Å². The minimum absolute atomic E-state index is 0.130. The molecule has 5 nitrogen and oxygen atoms in total. The zero-order valence-electron chi connectivity index (χ0n) is 19.6. The molecule has 1 aromatic heterocycles. The van der Waals surface area contributed by atoms with E-state index in [2.05, 4.69) is 15.6 Å². The molecule has 37 heavy (non-hydrogen) atoms. The molecule has 10 heteroatoms. The molecule has 0 saturated carbocycles. The molecular weight excluding hydrogens is 569 g/mol. The van der Waals surface area contributed by atoms with Crippen molar-refractivity contribution in [3.8, 4) is 11.3 Å². The summed E-state index contributed by atoms with van der Waals surface area (Å²) >= 11 is 20.9. The van der Waals surface area contributed by atoms with E-state index in [0.29, 0.717) is 38.0 Å². The Labute approximate surface area is 238 Å². The number of nitrogens with zero attached hydrogens (tertiary/aromatic N) is 1. The van der Waals surface area contributed by atoms with Crippen molar-refractivity contribution >= 4 is 80.5 Å². The van der Waals surface area contributed by atoms with Gasteiger partial charge in [-0.1, -0.05) is 59.9 Å². The van der Waals surface area contributed by atoms with E-state index in [1.807, 2.05) is 48.7 Å². The van der Waals surface area contributed by atoms with Crippen LogP contribution >= 0.6 is 57.9 Å². The van der Waals surface area contributed by atoms with Crippen LogP contribution in [-0.2, 0) is 16.0 Å². The zero-order valence-corrected chi connectivity index (χ0v) is 23.5. The number of nitrogens with one attached hydrogen (secondary N) is 2. The molecule has 2 N–H and O–H groups in total. The number of amides is 2. The summed E-state index contributed by atoms with van der Waals surface area (Å²) in [5.74, 6) is -0.276. The molecule has 4 rings (SSSR count). The quantitative estimate of drug-likeness (QED) is 0.192. The minimum atomic E-state index is -0.341. The summed E-state index contributed by atoms with van der Waals surface area (Å²) in [5, 5.41) is 9.50. The minimum Gasteiger partial charge on any atom is -0.326 e. The highest BCUT2D eigenvalue weighted by atomic mass is 35.5. The monoisotopic (exact) mass is 589 g/mol. The van der Waals surface area contributed by atoms with Gasteiger partial charge in [0.1, 0.15) is 0 Å². The van der Waals surface area contributed by atoms with Crippen molar-refractivity contribution in [1.82, 2.24) is 4.98 Å². The van der Waals surface area contributed by atoms with E-state index >= 15 is 0 Å². The fourth-order valence-corrected chi connectivity index (χ4v) is 5.82. The normalized spacial score (nSPS) is 11.7. The lowest BCUT2D eigenvalue weighted by Crippen LogP contribution is -2.24. The van der Waals surface area contributed by atoms with Gasteiger partial charge in [-0.05, 0) is 60.5 Å². The van der Waals surface area contributed by atoms with Crippen molar-refractivity contribution < 1.29 is 9.59 Å². The van der Waals surface area contributed by atoms with Crippen LogP contribution in [0.5, 0.6) is 0 Å². The summed E-state index contributed by atoms with van der Waals surface area (Å²) in [6.07, 6.45) is 0.858. The molecule has 0 aliphatic carbocycles. The van der Waals surface area contributed by atoms with Gasteiger partial charge in [-0.15, -0.1) is 23.1 Å². The van der Waals surface area contributed by atoms with Crippen molar-refractivity contribution in [2.75, 3.05) is 10.6 Å². The molecule has 1 heterocycles. The molecule has 0 radical (unpaired) electrons. The highest BCUT2D eigenvalue weighted by Crippen LogP contribution is 2.33. The summed E-state index contributed by atoms with van der Waals surface area (Å²) in [6, 6.07) is 19.8. The van der Waals surface area contributed by atoms with E-state index in [1.54, 1.807) is 30.3 Å². The molecule has 0 bridgehead atoms. The number of halogens is 3. The Morgan fingerprint density at radius 1 is 0.973 bits per heavy atom. The Balaban J connectivity index is 1.37. The Morgan fingerprint density at radius 3 is 2.46 bits per heavy atom. The van der Waals surface area contributed by atoms with Crippen molar-refractivity contribution in [2.45, 2.75) is 29.9 Å². The lowest BCUT2D eigenvalue weighted by molar-refractivity contribution is -0.116. The molecular formula is C27H22Cl3N3O2S2. The third kappa shape index (κ3) is 7.72. The molecule has 0 aliphatic heterocycles. The van der Waals surface area contributed by atoms with E-state index < -0.39 is 0 Å². The van der Waals surface area contributed by atoms with Crippen LogP contribution < -0.4 is 10.6 Å². The van der Waals surface area contributed by atoms with Gasteiger partial charge in [0.25, 0.3) is 0 Å². The molecule has 2 amide bonds. The number of carbonyl (C=O) groups is 2. The number of hydrogen-bond donors (Lipinski definition) is 2. The third-order valence-electron chi connectivity index (χ3n) is 5.28. The summed E-state index contributed by atoms with van der Waals surface area (Å²) < 4.78 is 0. The standard InChI is InChI=1S/C27H22Cl3N3O2S2/c1-2-24(26(35)33-27-32-23(15-36-27)21-11-10-18(29)13-22(21)30)37-20-5-3-4-19(14-20)31-25(34)12-16-6-8-17(28)9-7-16/h3-11,13-15,24H,2,12H2,1H3,(H,31,34)(H,32,33,35). The number of rotatable bonds is 9. The van der Waals surface area contributed by atoms with E-state index in [9.17, 15) is 9.59 Å². The van der Waals surface area contributed by atoms with Crippen LogP contribution in [0.15, 0.2) is 77.0 Å². The van der Waals surface area contributed by atoms with Crippen LogP contribution in [0.4, 0.5) is 10.8 Å². The average Bonchev–Trinajstić information content (AvgIpc) is 3.32. The smallest absolute Gasteiger partial charge is 0.239 e. The number of benzene rings is 3. The van der Waals surface area contributed by atoms with Crippen LogP contribution in [-0.4, -0.2) is 22.0 Å². The van der Waals surface area contributed by atoms with Crippen molar-refractivity contribution in [1.29, 1.82) is 0 Å². The molecule has 0 saturated heterocycles.